The largest absolute Gasteiger partial charge is 0.372 e. The van der Waals surface area contributed by atoms with E-state index < -0.39 is 0 Å². The molecule has 1 rings (SSSR count). The third-order valence-corrected chi connectivity index (χ3v) is 1.42. The fourth-order valence-corrected chi connectivity index (χ4v) is 0.882. The fourth-order valence-electron chi connectivity index (χ4n) is 0.724. The minimum Gasteiger partial charge on any atom is -0.372 e. The molecule has 4 heteroatoms. The van der Waals surface area contributed by atoms with Gasteiger partial charge in [-0.1, -0.05) is 11.6 Å². The lowest BCUT2D eigenvalue weighted by molar-refractivity contribution is 1.27. The zero-order chi connectivity index (χ0) is 8.27. The van der Waals surface area contributed by atoms with Gasteiger partial charge in [0.15, 0.2) is 0 Å². The van der Waals surface area contributed by atoms with Crippen molar-refractivity contribution in [3.8, 4) is 6.07 Å². The summed E-state index contributed by atoms with van der Waals surface area (Å²) >= 11 is 5.61. The van der Waals surface area contributed by atoms with Crippen LogP contribution in [0.3, 0.4) is 0 Å². The predicted molar refractivity (Wildman–Crippen MR) is 43.5 cm³/mol. The lowest BCUT2D eigenvalue weighted by atomic mass is 10.3. The Labute approximate surface area is 69.6 Å². The topological polar surface area (TPSA) is 48.7 Å². The van der Waals surface area contributed by atoms with E-state index in [9.17, 15) is 0 Å². The molecule has 1 aromatic heterocycles. The van der Waals surface area contributed by atoms with Gasteiger partial charge < -0.3 is 5.32 Å². The minimum absolute atomic E-state index is 0.458. The average molecular weight is 168 g/mol. The van der Waals surface area contributed by atoms with Crippen LogP contribution in [0.1, 0.15) is 5.56 Å². The van der Waals surface area contributed by atoms with E-state index in [0.717, 1.165) is 0 Å². The predicted octanol–water partition coefficient (Wildman–Crippen LogP) is 1.65. The second kappa shape index (κ2) is 3.22. The van der Waals surface area contributed by atoms with Gasteiger partial charge in [-0.3, -0.25) is 0 Å². The second-order valence-electron chi connectivity index (χ2n) is 1.91. The molecule has 0 fully saturated rings. The standard InChI is InChI=1S/C7H6ClN3/c1-10-7-5(3-9)2-6(8)4-11-7/h2,4H,1H3,(H,10,11). The quantitative estimate of drug-likeness (QED) is 0.692. The number of nitriles is 1. The van der Waals surface area contributed by atoms with Crippen molar-refractivity contribution in [3.05, 3.63) is 22.8 Å². The van der Waals surface area contributed by atoms with E-state index in [0.29, 0.717) is 16.4 Å². The maximum Gasteiger partial charge on any atom is 0.143 e. The van der Waals surface area contributed by atoms with Crippen LogP contribution in [0.4, 0.5) is 5.82 Å². The molecule has 0 amide bonds. The van der Waals surface area contributed by atoms with Crippen LogP contribution in [-0.2, 0) is 0 Å². The number of nitrogens with zero attached hydrogens (tertiary/aromatic N) is 2. The van der Waals surface area contributed by atoms with Crippen LogP contribution in [0.5, 0.6) is 0 Å². The molecule has 0 bridgehead atoms. The van der Waals surface area contributed by atoms with Crippen LogP contribution >= 0.6 is 11.6 Å². The minimum atomic E-state index is 0.458. The molecule has 0 aliphatic rings. The number of nitrogens with one attached hydrogen (secondary N) is 1. The molecule has 11 heavy (non-hydrogen) atoms. The van der Waals surface area contributed by atoms with Gasteiger partial charge in [-0.2, -0.15) is 5.26 Å². The molecule has 0 aliphatic heterocycles. The SMILES string of the molecule is CNc1ncc(Cl)cc1C#N. The Kier molecular flexibility index (Phi) is 2.29. The molecule has 0 saturated heterocycles. The molecule has 1 aromatic rings. The maximum absolute atomic E-state index is 8.59. The lowest BCUT2D eigenvalue weighted by Gasteiger charge is -1.99. The Hall–Kier alpha value is -1.27. The summed E-state index contributed by atoms with van der Waals surface area (Å²) in [7, 11) is 1.71. The number of rotatable bonds is 1. The van der Waals surface area contributed by atoms with Crippen LogP contribution in [0.2, 0.25) is 5.02 Å². The highest BCUT2D eigenvalue weighted by Crippen LogP contribution is 2.15. The number of pyridine rings is 1. The molecule has 0 radical (unpaired) electrons. The van der Waals surface area contributed by atoms with Crippen molar-refractivity contribution in [1.82, 2.24) is 4.98 Å². The molecular weight excluding hydrogens is 162 g/mol. The third-order valence-electron chi connectivity index (χ3n) is 1.21. The van der Waals surface area contributed by atoms with Crippen molar-refractivity contribution in [3.63, 3.8) is 0 Å². The zero-order valence-corrected chi connectivity index (χ0v) is 6.68. The number of halogens is 1. The van der Waals surface area contributed by atoms with E-state index in [1.807, 2.05) is 6.07 Å². The van der Waals surface area contributed by atoms with E-state index >= 15 is 0 Å². The molecule has 0 spiro atoms. The van der Waals surface area contributed by atoms with Crippen LogP contribution in [0.25, 0.3) is 0 Å². The van der Waals surface area contributed by atoms with Crippen molar-refractivity contribution in [2.75, 3.05) is 12.4 Å². The summed E-state index contributed by atoms with van der Waals surface area (Å²) in [6.07, 6.45) is 1.49. The molecular formula is C7H6ClN3. The Bertz CT molecular complexity index is 303. The first kappa shape index (κ1) is 7.83. The Balaban J connectivity index is 3.19. The van der Waals surface area contributed by atoms with Crippen molar-refractivity contribution < 1.29 is 0 Å². The molecule has 0 aliphatic carbocycles. The molecule has 3 nitrogen and oxygen atoms in total. The molecule has 0 atom stereocenters. The Morgan fingerprint density at radius 3 is 3.00 bits per heavy atom. The van der Waals surface area contributed by atoms with E-state index in [4.69, 9.17) is 16.9 Å². The zero-order valence-electron chi connectivity index (χ0n) is 5.93. The highest BCUT2D eigenvalue weighted by molar-refractivity contribution is 6.30. The van der Waals surface area contributed by atoms with E-state index in [-0.39, 0.29) is 0 Å². The number of anilines is 1. The van der Waals surface area contributed by atoms with E-state index in [2.05, 4.69) is 10.3 Å². The summed E-state index contributed by atoms with van der Waals surface area (Å²) < 4.78 is 0. The van der Waals surface area contributed by atoms with Gasteiger partial charge in [0.1, 0.15) is 11.9 Å². The van der Waals surface area contributed by atoms with Crippen molar-refractivity contribution in [2.24, 2.45) is 0 Å². The van der Waals surface area contributed by atoms with Crippen LogP contribution in [-0.4, -0.2) is 12.0 Å². The number of hydrogen-bond donors (Lipinski definition) is 1. The Morgan fingerprint density at radius 2 is 2.45 bits per heavy atom. The fraction of sp³-hybridized carbons (Fsp3) is 0.143. The first-order valence-corrected chi connectivity index (χ1v) is 3.39. The Morgan fingerprint density at radius 1 is 1.73 bits per heavy atom. The first-order valence-electron chi connectivity index (χ1n) is 3.01. The van der Waals surface area contributed by atoms with Gasteiger partial charge in [-0.25, -0.2) is 4.98 Å². The van der Waals surface area contributed by atoms with Gasteiger partial charge in [0.25, 0.3) is 0 Å². The molecule has 1 N–H and O–H groups in total. The highest BCUT2D eigenvalue weighted by atomic mass is 35.5. The second-order valence-corrected chi connectivity index (χ2v) is 2.35. The van der Waals surface area contributed by atoms with Gasteiger partial charge in [-0.15, -0.1) is 0 Å². The van der Waals surface area contributed by atoms with Crippen LogP contribution < -0.4 is 5.32 Å². The summed E-state index contributed by atoms with van der Waals surface area (Å²) in [5.41, 5.74) is 0.458. The average Bonchev–Trinajstić information content (AvgIpc) is 2.04. The molecule has 56 valence electrons. The van der Waals surface area contributed by atoms with Crippen molar-refractivity contribution >= 4 is 17.4 Å². The highest BCUT2D eigenvalue weighted by Gasteiger charge is 2.00. The van der Waals surface area contributed by atoms with Crippen molar-refractivity contribution in [2.45, 2.75) is 0 Å². The van der Waals surface area contributed by atoms with Crippen molar-refractivity contribution in [1.29, 1.82) is 5.26 Å². The molecule has 0 unspecified atom stereocenters. The van der Waals surface area contributed by atoms with Crippen LogP contribution in [0.15, 0.2) is 12.3 Å². The number of hydrogen-bond acceptors (Lipinski definition) is 3. The van der Waals surface area contributed by atoms with Crippen LogP contribution in [0, 0.1) is 11.3 Å². The lowest BCUT2D eigenvalue weighted by Crippen LogP contribution is -1.94. The molecule has 1 heterocycles. The summed E-state index contributed by atoms with van der Waals surface area (Å²) in [6, 6.07) is 3.55. The van der Waals surface area contributed by atoms with Gasteiger partial charge in [0, 0.05) is 13.2 Å². The van der Waals surface area contributed by atoms with E-state index in [1.54, 1.807) is 13.1 Å². The third kappa shape index (κ3) is 1.60. The summed E-state index contributed by atoms with van der Waals surface area (Å²) in [5, 5.41) is 11.8. The molecule has 0 aromatic carbocycles. The number of aromatic nitrogens is 1. The summed E-state index contributed by atoms with van der Waals surface area (Å²) in [6.45, 7) is 0. The van der Waals surface area contributed by atoms with E-state index in [1.165, 1.54) is 6.20 Å². The smallest absolute Gasteiger partial charge is 0.143 e. The summed E-state index contributed by atoms with van der Waals surface area (Å²) in [5.74, 6) is 0.553. The van der Waals surface area contributed by atoms with Gasteiger partial charge >= 0.3 is 0 Å². The van der Waals surface area contributed by atoms with Gasteiger partial charge in [-0.05, 0) is 6.07 Å². The monoisotopic (exact) mass is 167 g/mol. The molecule has 0 saturated carbocycles. The normalized spacial score (nSPS) is 8.82. The summed E-state index contributed by atoms with van der Waals surface area (Å²) in [4.78, 5) is 3.90. The van der Waals surface area contributed by atoms with Gasteiger partial charge in [0.05, 0.1) is 10.6 Å². The first-order chi connectivity index (χ1) is 5.27. The van der Waals surface area contributed by atoms with Gasteiger partial charge in [0.2, 0.25) is 0 Å². The maximum atomic E-state index is 8.59.